The molecule has 9 nitrogen and oxygen atoms in total. The summed E-state index contributed by atoms with van der Waals surface area (Å²) in [4.78, 5) is 23.9. The van der Waals surface area contributed by atoms with Crippen LogP contribution in [0.5, 0.6) is 6.01 Å². The average molecular weight is 297 g/mol. The number of aromatic nitrogens is 3. The van der Waals surface area contributed by atoms with Gasteiger partial charge in [0.1, 0.15) is 0 Å². The van der Waals surface area contributed by atoms with Gasteiger partial charge >= 0.3 is 6.01 Å². The Labute approximate surface area is 124 Å². The van der Waals surface area contributed by atoms with E-state index in [0.717, 1.165) is 6.42 Å². The number of carbonyl (C=O) groups is 1. The van der Waals surface area contributed by atoms with Gasteiger partial charge in [-0.15, -0.1) is 0 Å². The number of nitrogens with one attached hydrogen (secondary N) is 3. The number of hydrogen-bond donors (Lipinski definition) is 4. The highest BCUT2D eigenvalue weighted by atomic mass is 16.5. The van der Waals surface area contributed by atoms with Crippen LogP contribution in [0.2, 0.25) is 0 Å². The minimum absolute atomic E-state index is 0.0799. The van der Waals surface area contributed by atoms with Crippen LogP contribution in [-0.2, 0) is 4.79 Å². The number of nitrogen functional groups attached to an aromatic ring is 1. The van der Waals surface area contributed by atoms with Gasteiger partial charge in [0, 0.05) is 13.6 Å². The zero-order chi connectivity index (χ0) is 15.9. The summed E-state index contributed by atoms with van der Waals surface area (Å²) in [7, 11) is 1.60. The third kappa shape index (κ3) is 5.03. The first-order valence-corrected chi connectivity index (χ1v) is 6.74. The summed E-state index contributed by atoms with van der Waals surface area (Å²) in [5.41, 5.74) is 1.74. The van der Waals surface area contributed by atoms with Crippen LogP contribution in [-0.4, -0.2) is 41.1 Å². The predicted molar refractivity (Wildman–Crippen MR) is 79.8 cm³/mol. The van der Waals surface area contributed by atoms with Gasteiger partial charge in [-0.1, -0.05) is 6.92 Å². The van der Waals surface area contributed by atoms with Crippen molar-refractivity contribution in [1.82, 2.24) is 20.3 Å². The summed E-state index contributed by atoms with van der Waals surface area (Å²) in [5, 5.41) is 5.61. The molecule has 21 heavy (non-hydrogen) atoms. The lowest BCUT2D eigenvalue weighted by atomic mass is 9.92. The van der Waals surface area contributed by atoms with Crippen molar-refractivity contribution in [1.29, 1.82) is 0 Å². The number of nitrogens with zero attached hydrogens (tertiary/aromatic N) is 3. The number of carbonyl (C=O) groups excluding carboxylic acids is 1. The van der Waals surface area contributed by atoms with E-state index in [4.69, 9.17) is 10.6 Å². The predicted octanol–water partition coefficient (Wildman–Crippen LogP) is 0.130. The van der Waals surface area contributed by atoms with Gasteiger partial charge in [-0.25, -0.2) is 5.84 Å². The second-order valence-corrected chi connectivity index (χ2v) is 5.07. The van der Waals surface area contributed by atoms with Crippen molar-refractivity contribution in [2.75, 3.05) is 30.9 Å². The molecule has 1 aromatic heterocycles. The second kappa shape index (κ2) is 7.58. The topological polar surface area (TPSA) is 127 Å². The third-order valence-electron chi connectivity index (χ3n) is 2.71. The molecule has 0 spiro atoms. The summed E-state index contributed by atoms with van der Waals surface area (Å²) < 4.78 is 5.36. The molecule has 0 radical (unpaired) electrons. The minimum atomic E-state index is -0.609. The van der Waals surface area contributed by atoms with Crippen LogP contribution >= 0.6 is 0 Å². The highest BCUT2D eigenvalue weighted by molar-refractivity contribution is 5.82. The molecule has 0 aliphatic carbocycles. The molecule has 0 fully saturated rings. The van der Waals surface area contributed by atoms with Gasteiger partial charge in [0.05, 0.1) is 12.0 Å². The van der Waals surface area contributed by atoms with Crippen molar-refractivity contribution in [2.45, 2.75) is 27.2 Å². The fraction of sp³-hybridized carbons (Fsp3) is 0.667. The first-order chi connectivity index (χ1) is 9.92. The van der Waals surface area contributed by atoms with E-state index in [2.05, 4.69) is 31.0 Å². The van der Waals surface area contributed by atoms with Crippen LogP contribution in [0, 0.1) is 5.41 Å². The van der Waals surface area contributed by atoms with E-state index in [-0.39, 0.29) is 17.9 Å². The van der Waals surface area contributed by atoms with Crippen LogP contribution < -0.4 is 26.6 Å². The van der Waals surface area contributed by atoms with E-state index in [1.807, 2.05) is 20.8 Å². The standard InChI is InChI=1S/C12H23N7O2/c1-5-6-21-11-17-9(16-10(18-11)19-13)15-7-12(2,3)8(20)14-4/h5-7,13H2,1-4H3,(H,14,20)(H2,15,16,17,18,19). The van der Waals surface area contributed by atoms with Gasteiger partial charge < -0.3 is 15.4 Å². The number of anilines is 2. The zero-order valence-corrected chi connectivity index (χ0v) is 12.9. The van der Waals surface area contributed by atoms with E-state index >= 15 is 0 Å². The van der Waals surface area contributed by atoms with Crippen LogP contribution in [0.3, 0.4) is 0 Å². The molecule has 0 aromatic carbocycles. The van der Waals surface area contributed by atoms with Gasteiger partial charge in [-0.3, -0.25) is 10.2 Å². The summed E-state index contributed by atoms with van der Waals surface area (Å²) >= 11 is 0. The molecule has 9 heteroatoms. The number of hydrazine groups is 1. The Kier molecular flexibility index (Phi) is 6.10. The highest BCUT2D eigenvalue weighted by Crippen LogP contribution is 2.17. The van der Waals surface area contributed by atoms with Crippen LogP contribution in [0.1, 0.15) is 27.2 Å². The molecule has 0 aliphatic heterocycles. The number of amides is 1. The summed E-state index contributed by atoms with van der Waals surface area (Å²) in [5.74, 6) is 5.72. The Morgan fingerprint density at radius 1 is 1.29 bits per heavy atom. The molecule has 1 heterocycles. The highest BCUT2D eigenvalue weighted by Gasteiger charge is 2.26. The van der Waals surface area contributed by atoms with E-state index in [1.165, 1.54) is 0 Å². The van der Waals surface area contributed by atoms with Crippen LogP contribution in [0.4, 0.5) is 11.9 Å². The van der Waals surface area contributed by atoms with E-state index in [1.54, 1.807) is 7.05 Å². The maximum absolute atomic E-state index is 11.7. The van der Waals surface area contributed by atoms with Gasteiger partial charge in [0.15, 0.2) is 0 Å². The van der Waals surface area contributed by atoms with Gasteiger partial charge in [0.25, 0.3) is 0 Å². The van der Waals surface area contributed by atoms with Gasteiger partial charge in [-0.2, -0.15) is 15.0 Å². The Morgan fingerprint density at radius 3 is 2.52 bits per heavy atom. The van der Waals surface area contributed by atoms with Crippen LogP contribution in [0.25, 0.3) is 0 Å². The second-order valence-electron chi connectivity index (χ2n) is 5.07. The Balaban J connectivity index is 2.80. The summed E-state index contributed by atoms with van der Waals surface area (Å²) in [6.45, 7) is 6.46. The van der Waals surface area contributed by atoms with Crippen molar-refractivity contribution in [3.63, 3.8) is 0 Å². The molecule has 0 saturated carbocycles. The molecule has 1 amide bonds. The van der Waals surface area contributed by atoms with E-state index < -0.39 is 5.41 Å². The molecule has 1 rings (SSSR count). The largest absolute Gasteiger partial charge is 0.463 e. The molecule has 0 unspecified atom stereocenters. The third-order valence-corrected chi connectivity index (χ3v) is 2.71. The van der Waals surface area contributed by atoms with Gasteiger partial charge in [0.2, 0.25) is 17.8 Å². The Hall–Kier alpha value is -2.16. The Morgan fingerprint density at radius 2 is 1.95 bits per heavy atom. The number of hydrogen-bond acceptors (Lipinski definition) is 8. The summed E-state index contributed by atoms with van der Waals surface area (Å²) in [6.07, 6.45) is 0.837. The lowest BCUT2D eigenvalue weighted by Gasteiger charge is -2.22. The summed E-state index contributed by atoms with van der Waals surface area (Å²) in [6, 6.07) is 0.181. The lowest BCUT2D eigenvalue weighted by molar-refractivity contribution is -0.128. The zero-order valence-electron chi connectivity index (χ0n) is 12.9. The lowest BCUT2D eigenvalue weighted by Crippen LogP contribution is -2.39. The monoisotopic (exact) mass is 297 g/mol. The van der Waals surface area contributed by atoms with Crippen molar-refractivity contribution in [3.05, 3.63) is 0 Å². The van der Waals surface area contributed by atoms with E-state index in [9.17, 15) is 4.79 Å². The SMILES string of the molecule is CCCOc1nc(NN)nc(NCC(C)(C)C(=O)NC)n1. The molecule has 0 aliphatic rings. The molecular weight excluding hydrogens is 274 g/mol. The molecule has 0 saturated heterocycles. The fourth-order valence-electron chi connectivity index (χ4n) is 1.48. The van der Waals surface area contributed by atoms with Crippen LogP contribution in [0.15, 0.2) is 0 Å². The van der Waals surface area contributed by atoms with E-state index in [0.29, 0.717) is 19.1 Å². The first kappa shape index (κ1) is 16.9. The van der Waals surface area contributed by atoms with Gasteiger partial charge in [-0.05, 0) is 20.3 Å². The van der Waals surface area contributed by atoms with Crippen molar-refractivity contribution in [3.8, 4) is 6.01 Å². The van der Waals surface area contributed by atoms with Crippen molar-refractivity contribution < 1.29 is 9.53 Å². The number of ether oxygens (including phenoxy) is 1. The number of nitrogens with two attached hydrogens (primary N) is 1. The Bertz CT molecular complexity index is 479. The maximum Gasteiger partial charge on any atom is 0.323 e. The fourth-order valence-corrected chi connectivity index (χ4v) is 1.48. The van der Waals surface area contributed by atoms with Crippen molar-refractivity contribution in [2.24, 2.45) is 11.3 Å². The first-order valence-electron chi connectivity index (χ1n) is 6.74. The number of rotatable bonds is 8. The maximum atomic E-state index is 11.7. The molecule has 0 bridgehead atoms. The minimum Gasteiger partial charge on any atom is -0.463 e. The quantitative estimate of drug-likeness (QED) is 0.394. The molecule has 118 valence electrons. The smallest absolute Gasteiger partial charge is 0.323 e. The molecule has 5 N–H and O–H groups in total. The molecular formula is C12H23N7O2. The average Bonchev–Trinajstić information content (AvgIpc) is 2.49. The molecule has 0 atom stereocenters. The normalized spacial score (nSPS) is 10.9. The molecule has 1 aromatic rings. The van der Waals surface area contributed by atoms with Crippen molar-refractivity contribution >= 4 is 17.8 Å².